The van der Waals surface area contributed by atoms with Crippen molar-refractivity contribution in [2.75, 3.05) is 0 Å². The van der Waals surface area contributed by atoms with Gasteiger partial charge in [0, 0.05) is 4.75 Å². The van der Waals surface area contributed by atoms with E-state index in [1.165, 1.54) is 25.7 Å². The van der Waals surface area contributed by atoms with E-state index in [4.69, 9.17) is 12.6 Å². The summed E-state index contributed by atoms with van der Waals surface area (Å²) in [7, 11) is 0. The van der Waals surface area contributed by atoms with Crippen LogP contribution in [-0.2, 0) is 0 Å². The van der Waals surface area contributed by atoms with Crippen molar-refractivity contribution >= 4 is 12.6 Å². The zero-order chi connectivity index (χ0) is 6.74. The Bertz CT molecular complexity index is 101. The molecule has 1 fully saturated rings. The molecule has 0 aromatic carbocycles. The topological polar surface area (TPSA) is 0 Å². The van der Waals surface area contributed by atoms with Crippen LogP contribution >= 0.6 is 12.6 Å². The lowest BCUT2D eigenvalue weighted by Gasteiger charge is -2.17. The van der Waals surface area contributed by atoms with Gasteiger partial charge in [0.25, 0.3) is 0 Å². The molecule has 0 heterocycles. The zero-order valence-corrected chi connectivity index (χ0v) is 6.54. The second-order valence-electron chi connectivity index (χ2n) is 2.88. The molecule has 0 aliphatic heterocycles. The third kappa shape index (κ3) is 1.75. The average Bonchev–Trinajstić information content (AvgIpc) is 2.16. The lowest BCUT2D eigenvalue weighted by molar-refractivity contribution is 0.623. The summed E-state index contributed by atoms with van der Waals surface area (Å²) < 4.78 is 0.210. The summed E-state index contributed by atoms with van der Waals surface area (Å²) in [6.45, 7) is 3.70. The van der Waals surface area contributed by atoms with Crippen LogP contribution in [0.4, 0.5) is 0 Å². The van der Waals surface area contributed by atoms with Crippen molar-refractivity contribution in [3.05, 3.63) is 12.7 Å². The second kappa shape index (κ2) is 2.78. The SMILES string of the molecule is C=CCC1([S])CCCC1. The fraction of sp³-hybridized carbons (Fsp3) is 0.750. The highest BCUT2D eigenvalue weighted by Crippen LogP contribution is 2.38. The molecule has 0 aromatic rings. The summed E-state index contributed by atoms with van der Waals surface area (Å²) in [6, 6.07) is 0. The maximum Gasteiger partial charge on any atom is 0.0298 e. The maximum atomic E-state index is 5.39. The Morgan fingerprint density at radius 2 is 2.00 bits per heavy atom. The smallest absolute Gasteiger partial charge is 0.0298 e. The summed E-state index contributed by atoms with van der Waals surface area (Å²) in [6.07, 6.45) is 8.11. The Morgan fingerprint density at radius 3 is 2.44 bits per heavy atom. The van der Waals surface area contributed by atoms with Crippen molar-refractivity contribution in [2.45, 2.75) is 36.9 Å². The molecule has 0 bridgehead atoms. The molecule has 9 heavy (non-hydrogen) atoms. The Balaban J connectivity index is 2.40. The highest BCUT2D eigenvalue weighted by Gasteiger charge is 2.28. The number of hydrogen-bond acceptors (Lipinski definition) is 0. The van der Waals surface area contributed by atoms with Crippen molar-refractivity contribution in [1.29, 1.82) is 0 Å². The first kappa shape index (κ1) is 7.20. The highest BCUT2D eigenvalue weighted by molar-refractivity contribution is 7.81. The molecule has 0 aromatic heterocycles. The van der Waals surface area contributed by atoms with Gasteiger partial charge in [-0.15, -0.1) is 6.58 Å². The zero-order valence-electron chi connectivity index (χ0n) is 5.73. The highest BCUT2D eigenvalue weighted by atomic mass is 32.1. The van der Waals surface area contributed by atoms with E-state index < -0.39 is 0 Å². The van der Waals surface area contributed by atoms with Crippen LogP contribution in [0.15, 0.2) is 12.7 Å². The Hall–Kier alpha value is 0.0900. The van der Waals surface area contributed by atoms with E-state index in [-0.39, 0.29) is 4.75 Å². The molecule has 1 saturated carbocycles. The molecule has 1 radical (unpaired) electrons. The van der Waals surface area contributed by atoms with Crippen molar-refractivity contribution in [1.82, 2.24) is 0 Å². The molecule has 1 rings (SSSR count). The first-order valence-corrected chi connectivity index (χ1v) is 3.99. The van der Waals surface area contributed by atoms with Gasteiger partial charge < -0.3 is 0 Å². The van der Waals surface area contributed by atoms with Crippen molar-refractivity contribution in [3.63, 3.8) is 0 Å². The average molecular weight is 141 g/mol. The molecule has 0 amide bonds. The fourth-order valence-corrected chi connectivity index (χ4v) is 1.89. The van der Waals surface area contributed by atoms with Gasteiger partial charge in [0.2, 0.25) is 0 Å². The van der Waals surface area contributed by atoms with Crippen molar-refractivity contribution in [3.8, 4) is 0 Å². The van der Waals surface area contributed by atoms with Gasteiger partial charge in [0.1, 0.15) is 0 Å². The second-order valence-corrected chi connectivity index (χ2v) is 3.75. The molecule has 0 nitrogen and oxygen atoms in total. The predicted molar refractivity (Wildman–Crippen MR) is 43.6 cm³/mol. The van der Waals surface area contributed by atoms with Crippen LogP contribution in [-0.4, -0.2) is 4.75 Å². The molecule has 1 heteroatoms. The molecule has 51 valence electrons. The van der Waals surface area contributed by atoms with Gasteiger partial charge >= 0.3 is 0 Å². The minimum absolute atomic E-state index is 0.210. The summed E-state index contributed by atoms with van der Waals surface area (Å²) >= 11 is 5.39. The molecule has 1 aliphatic carbocycles. The van der Waals surface area contributed by atoms with Crippen LogP contribution in [0.2, 0.25) is 0 Å². The predicted octanol–water partition coefficient (Wildman–Crippen LogP) is 3.07. The first-order chi connectivity index (χ1) is 4.27. The minimum atomic E-state index is 0.210. The van der Waals surface area contributed by atoms with E-state index in [2.05, 4.69) is 6.58 Å². The quantitative estimate of drug-likeness (QED) is 0.518. The summed E-state index contributed by atoms with van der Waals surface area (Å²) in [4.78, 5) is 0. The molecule has 1 aliphatic rings. The van der Waals surface area contributed by atoms with Gasteiger partial charge in [0.15, 0.2) is 0 Å². The van der Waals surface area contributed by atoms with Crippen LogP contribution in [0.3, 0.4) is 0 Å². The molecule has 0 atom stereocenters. The van der Waals surface area contributed by atoms with Crippen LogP contribution < -0.4 is 0 Å². The van der Waals surface area contributed by atoms with E-state index in [0.717, 1.165) is 6.42 Å². The lowest BCUT2D eigenvalue weighted by Crippen LogP contribution is -2.13. The van der Waals surface area contributed by atoms with Gasteiger partial charge in [-0.05, 0) is 19.3 Å². The van der Waals surface area contributed by atoms with E-state index in [1.54, 1.807) is 0 Å². The summed E-state index contributed by atoms with van der Waals surface area (Å²) in [5.74, 6) is 0. The largest absolute Gasteiger partial charge is 0.103 e. The van der Waals surface area contributed by atoms with Gasteiger partial charge in [-0.3, -0.25) is 0 Å². The van der Waals surface area contributed by atoms with Crippen molar-refractivity contribution in [2.24, 2.45) is 0 Å². The Kier molecular flexibility index (Phi) is 2.23. The Labute approximate surface area is 62.8 Å². The number of rotatable bonds is 2. The van der Waals surface area contributed by atoms with Crippen LogP contribution in [0.25, 0.3) is 0 Å². The van der Waals surface area contributed by atoms with Gasteiger partial charge in [-0.25, -0.2) is 0 Å². The summed E-state index contributed by atoms with van der Waals surface area (Å²) in [5, 5.41) is 0. The molecule has 0 unspecified atom stereocenters. The molecule has 0 N–H and O–H groups in total. The standard InChI is InChI=1S/C8H13S/c1-2-5-8(9)6-3-4-7-8/h2H,1,3-7H2. The van der Waals surface area contributed by atoms with E-state index in [9.17, 15) is 0 Å². The van der Waals surface area contributed by atoms with Gasteiger partial charge in [0.05, 0.1) is 0 Å². The molecule has 0 spiro atoms. The normalized spacial score (nSPS) is 24.1. The third-order valence-corrected chi connectivity index (χ3v) is 2.61. The molecule has 0 saturated heterocycles. The van der Waals surface area contributed by atoms with Crippen LogP contribution in [0, 0.1) is 0 Å². The lowest BCUT2D eigenvalue weighted by atomic mass is 10.0. The van der Waals surface area contributed by atoms with Gasteiger partial charge in [-0.2, -0.15) is 0 Å². The van der Waals surface area contributed by atoms with Crippen LogP contribution in [0.5, 0.6) is 0 Å². The van der Waals surface area contributed by atoms with Crippen molar-refractivity contribution < 1.29 is 0 Å². The monoisotopic (exact) mass is 141 g/mol. The minimum Gasteiger partial charge on any atom is -0.103 e. The third-order valence-electron chi connectivity index (χ3n) is 2.03. The Morgan fingerprint density at radius 1 is 1.44 bits per heavy atom. The number of allylic oxidation sites excluding steroid dienone is 1. The maximum absolute atomic E-state index is 5.39. The fourth-order valence-electron chi connectivity index (χ4n) is 1.49. The molecular weight excluding hydrogens is 128 g/mol. The molecular formula is C8H13S. The first-order valence-electron chi connectivity index (χ1n) is 3.58. The van der Waals surface area contributed by atoms with E-state index in [1.807, 2.05) is 6.08 Å². The van der Waals surface area contributed by atoms with Crippen LogP contribution in [0.1, 0.15) is 32.1 Å². The van der Waals surface area contributed by atoms with E-state index >= 15 is 0 Å². The van der Waals surface area contributed by atoms with E-state index in [0.29, 0.717) is 0 Å². The summed E-state index contributed by atoms with van der Waals surface area (Å²) in [5.41, 5.74) is 0. The number of hydrogen-bond donors (Lipinski definition) is 0. The van der Waals surface area contributed by atoms with Gasteiger partial charge in [-0.1, -0.05) is 31.5 Å².